The Hall–Kier alpha value is -4.04. The van der Waals surface area contributed by atoms with Crippen LogP contribution in [0.4, 0.5) is 11.4 Å². The molecule has 0 saturated carbocycles. The van der Waals surface area contributed by atoms with Gasteiger partial charge in [-0.25, -0.2) is 0 Å². The fourth-order valence-electron chi connectivity index (χ4n) is 9.02. The molecule has 0 spiro atoms. The van der Waals surface area contributed by atoms with Gasteiger partial charge in [0, 0.05) is 27.6 Å². The van der Waals surface area contributed by atoms with Crippen LogP contribution in [0, 0.1) is 13.8 Å². The second kappa shape index (κ2) is 8.29. The molecule has 0 amide bonds. The largest absolute Gasteiger partial charge is 0.376 e. The highest BCUT2D eigenvalue weighted by Gasteiger charge is 2.54. The second-order valence-electron chi connectivity index (χ2n) is 14.0. The minimum absolute atomic E-state index is 0.0566. The standard InChI is InChI=1S/C40H38BN/c1-25-15-12-21-31-36(25)42(37-26(2)16-13-22-32(37)39(31,5)6)41-33-23-11-10-19-29(33)40(7)28-18-9-8-17-27(28)38(3,4)30-20-14-24-34(41)35(30)40/h8-24H,1-7H3. The lowest BCUT2D eigenvalue weighted by atomic mass is 9.37. The lowest BCUT2D eigenvalue weighted by molar-refractivity contribution is 0.544. The zero-order chi connectivity index (χ0) is 29.2. The lowest BCUT2D eigenvalue weighted by Gasteiger charge is -2.53. The first-order valence-electron chi connectivity index (χ1n) is 15.4. The molecule has 1 unspecified atom stereocenters. The molecule has 1 nitrogen and oxygen atoms in total. The fourth-order valence-corrected chi connectivity index (χ4v) is 9.02. The summed E-state index contributed by atoms with van der Waals surface area (Å²) in [5.41, 5.74) is 17.8. The summed E-state index contributed by atoms with van der Waals surface area (Å²) in [7, 11) is 0. The van der Waals surface area contributed by atoms with Gasteiger partial charge in [-0.2, -0.15) is 0 Å². The van der Waals surface area contributed by atoms with Crippen LogP contribution in [0.15, 0.2) is 103 Å². The number of para-hydroxylation sites is 2. The SMILES string of the molecule is Cc1cccc2c1N(B1c3ccccc3C3(C)c4ccccc4C(C)(C)c4cccc1c43)c1c(C)cccc1C2(C)C. The zero-order valence-corrected chi connectivity index (χ0v) is 25.8. The first kappa shape index (κ1) is 25.7. The Kier molecular flexibility index (Phi) is 5.06. The van der Waals surface area contributed by atoms with E-state index >= 15 is 0 Å². The van der Waals surface area contributed by atoms with E-state index in [0.717, 1.165) is 0 Å². The molecule has 5 aromatic rings. The molecule has 0 saturated heterocycles. The molecule has 8 rings (SSSR count). The number of fused-ring (bicyclic) bond motifs is 6. The highest BCUT2D eigenvalue weighted by molar-refractivity contribution is 6.90. The van der Waals surface area contributed by atoms with Crippen molar-refractivity contribution in [2.45, 2.75) is 64.7 Å². The normalized spacial score (nSPS) is 20.2. The molecule has 2 heterocycles. The van der Waals surface area contributed by atoms with Crippen molar-refractivity contribution in [3.05, 3.63) is 153 Å². The molecule has 42 heavy (non-hydrogen) atoms. The fraction of sp³-hybridized carbons (Fsp3) is 0.250. The second-order valence-corrected chi connectivity index (χ2v) is 14.0. The highest BCUT2D eigenvalue weighted by atomic mass is 15.1. The molecule has 3 aliphatic rings. The van der Waals surface area contributed by atoms with Gasteiger partial charge in [-0.15, -0.1) is 0 Å². The lowest BCUT2D eigenvalue weighted by Crippen LogP contribution is -2.65. The molecule has 1 atom stereocenters. The van der Waals surface area contributed by atoms with Gasteiger partial charge in [-0.05, 0) is 81.8 Å². The van der Waals surface area contributed by atoms with Crippen LogP contribution in [0.2, 0.25) is 0 Å². The summed E-state index contributed by atoms with van der Waals surface area (Å²) in [5.74, 6) is 0. The van der Waals surface area contributed by atoms with Crippen molar-refractivity contribution in [2.24, 2.45) is 0 Å². The first-order chi connectivity index (χ1) is 20.1. The summed E-state index contributed by atoms with van der Waals surface area (Å²) in [6, 6.07) is 39.4. The van der Waals surface area contributed by atoms with Crippen LogP contribution < -0.4 is 15.7 Å². The topological polar surface area (TPSA) is 3.24 Å². The van der Waals surface area contributed by atoms with Gasteiger partial charge < -0.3 is 4.81 Å². The van der Waals surface area contributed by atoms with E-state index in [2.05, 4.69) is 156 Å². The third-order valence-corrected chi connectivity index (χ3v) is 11.1. The predicted molar refractivity (Wildman–Crippen MR) is 179 cm³/mol. The van der Waals surface area contributed by atoms with Crippen molar-refractivity contribution < 1.29 is 0 Å². The minimum atomic E-state index is -0.233. The Morgan fingerprint density at radius 3 is 1.55 bits per heavy atom. The maximum absolute atomic E-state index is 2.72. The van der Waals surface area contributed by atoms with Crippen LogP contribution in [-0.4, -0.2) is 6.85 Å². The number of nitrogens with zero attached hydrogens (tertiary/aromatic N) is 1. The van der Waals surface area contributed by atoms with E-state index in [1.807, 2.05) is 0 Å². The summed E-state index contributed by atoms with van der Waals surface area (Å²) in [6.07, 6.45) is 0. The van der Waals surface area contributed by atoms with E-state index < -0.39 is 0 Å². The van der Waals surface area contributed by atoms with Gasteiger partial charge in [0.2, 0.25) is 0 Å². The smallest absolute Gasteiger partial charge is 0.328 e. The summed E-state index contributed by atoms with van der Waals surface area (Å²) in [5, 5.41) is 0. The Morgan fingerprint density at radius 2 is 0.905 bits per heavy atom. The van der Waals surface area contributed by atoms with Crippen LogP contribution in [0.3, 0.4) is 0 Å². The quantitative estimate of drug-likeness (QED) is 0.193. The molecule has 0 N–H and O–H groups in total. The van der Waals surface area contributed by atoms with Gasteiger partial charge in [0.05, 0.1) is 0 Å². The van der Waals surface area contributed by atoms with Gasteiger partial charge in [0.1, 0.15) is 0 Å². The van der Waals surface area contributed by atoms with Crippen molar-refractivity contribution in [2.75, 3.05) is 4.81 Å². The molecule has 2 aliphatic heterocycles. The molecule has 1 aliphatic carbocycles. The molecule has 0 aromatic heterocycles. The van der Waals surface area contributed by atoms with Gasteiger partial charge in [-0.3, -0.25) is 0 Å². The number of rotatable bonds is 1. The van der Waals surface area contributed by atoms with Crippen molar-refractivity contribution in [1.29, 1.82) is 0 Å². The third-order valence-electron chi connectivity index (χ3n) is 11.1. The van der Waals surface area contributed by atoms with Gasteiger partial charge >= 0.3 is 6.85 Å². The third kappa shape index (κ3) is 2.96. The van der Waals surface area contributed by atoms with Gasteiger partial charge in [0.15, 0.2) is 0 Å². The maximum Gasteiger partial charge on any atom is 0.328 e. The van der Waals surface area contributed by atoms with Crippen molar-refractivity contribution in [3.8, 4) is 0 Å². The molecule has 2 heteroatoms. The van der Waals surface area contributed by atoms with Crippen molar-refractivity contribution in [1.82, 2.24) is 0 Å². The molecular formula is C40H38BN. The summed E-state index contributed by atoms with van der Waals surface area (Å²) >= 11 is 0. The van der Waals surface area contributed by atoms with Crippen LogP contribution in [0.1, 0.15) is 84.7 Å². The van der Waals surface area contributed by atoms with Crippen LogP contribution in [0.5, 0.6) is 0 Å². The summed E-state index contributed by atoms with van der Waals surface area (Å²) in [6.45, 7) is 16.8. The number of aryl methyl sites for hydroxylation is 2. The number of hydrogen-bond donors (Lipinski definition) is 0. The molecular weight excluding hydrogens is 505 g/mol. The molecule has 0 fully saturated rings. The summed E-state index contributed by atoms with van der Waals surface area (Å²) in [4.78, 5) is 2.72. The molecule has 0 bridgehead atoms. The van der Waals surface area contributed by atoms with Crippen molar-refractivity contribution >= 4 is 29.1 Å². The van der Waals surface area contributed by atoms with E-state index in [-0.39, 0.29) is 23.1 Å². The first-order valence-corrected chi connectivity index (χ1v) is 15.4. The van der Waals surface area contributed by atoms with E-state index in [1.165, 1.54) is 72.4 Å². The Morgan fingerprint density at radius 1 is 0.452 bits per heavy atom. The van der Waals surface area contributed by atoms with E-state index in [0.29, 0.717) is 0 Å². The molecule has 0 radical (unpaired) electrons. The minimum Gasteiger partial charge on any atom is -0.376 e. The van der Waals surface area contributed by atoms with Crippen LogP contribution >= 0.6 is 0 Å². The van der Waals surface area contributed by atoms with E-state index in [1.54, 1.807) is 0 Å². The van der Waals surface area contributed by atoms with E-state index in [9.17, 15) is 0 Å². The van der Waals surface area contributed by atoms with Gasteiger partial charge in [-0.1, -0.05) is 131 Å². The van der Waals surface area contributed by atoms with Crippen LogP contribution in [-0.2, 0) is 16.2 Å². The predicted octanol–water partition coefficient (Wildman–Crippen LogP) is 8.19. The number of hydrogen-bond acceptors (Lipinski definition) is 1. The highest BCUT2D eigenvalue weighted by Crippen LogP contribution is 2.55. The number of anilines is 2. The average Bonchev–Trinajstić information content (AvgIpc) is 2.98. The van der Waals surface area contributed by atoms with Crippen molar-refractivity contribution in [3.63, 3.8) is 0 Å². The van der Waals surface area contributed by atoms with Gasteiger partial charge in [0.25, 0.3) is 0 Å². The average molecular weight is 544 g/mol. The zero-order valence-electron chi connectivity index (χ0n) is 25.8. The Bertz CT molecular complexity index is 1890. The number of benzene rings is 5. The summed E-state index contributed by atoms with van der Waals surface area (Å²) < 4.78 is 0. The van der Waals surface area contributed by atoms with Crippen LogP contribution in [0.25, 0.3) is 0 Å². The monoisotopic (exact) mass is 543 g/mol. The molecule has 206 valence electrons. The van der Waals surface area contributed by atoms with E-state index in [4.69, 9.17) is 0 Å². The maximum atomic E-state index is 2.72. The Labute approximate surface area is 251 Å². The molecule has 5 aromatic carbocycles. The Balaban J connectivity index is 1.53.